The molecule has 2 N–H and O–H groups in total. The van der Waals surface area contributed by atoms with Crippen molar-refractivity contribution in [3.8, 4) is 23.8 Å². The zero-order chi connectivity index (χ0) is 13.7. The van der Waals surface area contributed by atoms with Crippen molar-refractivity contribution >= 4 is 5.95 Å². The lowest BCUT2D eigenvalue weighted by atomic mass is 10.5. The molecule has 0 aliphatic carbocycles. The molecular weight excluding hydrogens is 252 g/mol. The molecule has 0 atom stereocenters. The highest BCUT2D eigenvalue weighted by atomic mass is 16.5. The molecule has 0 saturated heterocycles. The van der Waals surface area contributed by atoms with Gasteiger partial charge < -0.3 is 19.9 Å². The molecule has 0 amide bonds. The summed E-state index contributed by atoms with van der Waals surface area (Å²) in [5.74, 6) is 0.276. The first-order valence-electron chi connectivity index (χ1n) is 5.45. The monoisotopic (exact) mass is 264 g/mol. The molecule has 9 heteroatoms. The summed E-state index contributed by atoms with van der Waals surface area (Å²) < 4.78 is 10.2. The van der Waals surface area contributed by atoms with Gasteiger partial charge in [-0.3, -0.25) is 0 Å². The first-order valence-corrected chi connectivity index (χ1v) is 5.45. The Morgan fingerprint density at radius 3 is 2.58 bits per heavy atom. The minimum absolute atomic E-state index is 0.0165. The van der Waals surface area contributed by atoms with E-state index in [4.69, 9.17) is 14.6 Å². The maximum absolute atomic E-state index is 9.02. The molecular formula is C10H12N6O3. The number of hydrogen-bond donors (Lipinski definition) is 2. The van der Waals surface area contributed by atoms with Crippen LogP contribution >= 0.6 is 0 Å². The Balaban J connectivity index is 2.23. The molecule has 2 heterocycles. The van der Waals surface area contributed by atoms with Crippen LogP contribution in [0.5, 0.6) is 23.8 Å². The summed E-state index contributed by atoms with van der Waals surface area (Å²) in [6.07, 6.45) is 0. The van der Waals surface area contributed by atoms with E-state index >= 15 is 0 Å². The smallest absolute Gasteiger partial charge is 0.331 e. The lowest BCUT2D eigenvalue weighted by Gasteiger charge is -2.06. The van der Waals surface area contributed by atoms with Gasteiger partial charge in [0, 0.05) is 18.7 Å². The third-order valence-corrected chi connectivity index (χ3v) is 1.93. The van der Waals surface area contributed by atoms with Crippen molar-refractivity contribution in [3.63, 3.8) is 0 Å². The first-order chi connectivity index (χ1) is 9.21. The van der Waals surface area contributed by atoms with Crippen LogP contribution in [0.1, 0.15) is 6.92 Å². The zero-order valence-corrected chi connectivity index (χ0v) is 10.4. The Hall–Kier alpha value is -2.71. The molecule has 0 aliphatic rings. The van der Waals surface area contributed by atoms with Gasteiger partial charge in [-0.25, -0.2) is 0 Å². The summed E-state index contributed by atoms with van der Waals surface area (Å²) in [6, 6.07) is 2.91. The van der Waals surface area contributed by atoms with Crippen LogP contribution in [0.2, 0.25) is 0 Å². The normalized spacial score (nSPS) is 10.0. The van der Waals surface area contributed by atoms with E-state index in [0.717, 1.165) is 0 Å². The highest BCUT2D eigenvalue weighted by Crippen LogP contribution is 2.18. The highest BCUT2D eigenvalue weighted by molar-refractivity contribution is 5.28. The van der Waals surface area contributed by atoms with E-state index in [1.54, 1.807) is 0 Å². The number of aromatic hydroxyl groups is 1. The van der Waals surface area contributed by atoms with E-state index in [9.17, 15) is 0 Å². The molecule has 0 aliphatic heterocycles. The molecule has 2 aromatic heterocycles. The molecule has 0 aromatic carbocycles. The summed E-state index contributed by atoms with van der Waals surface area (Å²) in [6.45, 7) is 2.55. The van der Waals surface area contributed by atoms with Gasteiger partial charge in [0.2, 0.25) is 17.7 Å². The zero-order valence-electron chi connectivity index (χ0n) is 10.4. The number of rotatable bonds is 5. The molecule has 0 bridgehead atoms. The largest absolute Gasteiger partial charge is 0.492 e. The summed E-state index contributed by atoms with van der Waals surface area (Å²) in [5, 5.41) is 19.0. The third-order valence-electron chi connectivity index (χ3n) is 1.93. The second-order valence-electron chi connectivity index (χ2n) is 3.29. The van der Waals surface area contributed by atoms with Crippen LogP contribution in [0, 0.1) is 0 Å². The van der Waals surface area contributed by atoms with Crippen LogP contribution in [-0.4, -0.2) is 43.9 Å². The minimum atomic E-state index is -0.200. The van der Waals surface area contributed by atoms with Gasteiger partial charge in [0.25, 0.3) is 0 Å². The quantitative estimate of drug-likeness (QED) is 0.800. The standard InChI is InChI=1S/C10H12N6O3/c1-3-11-8-12-9(18-2)14-10(13-8)19-7-5-4-6(17)15-16-7/h4-5H,3H2,1-2H3,(H,15,17)(H,11,12,13,14). The number of nitrogens with zero attached hydrogens (tertiary/aromatic N) is 5. The van der Waals surface area contributed by atoms with E-state index in [1.807, 2.05) is 6.92 Å². The van der Waals surface area contributed by atoms with Crippen molar-refractivity contribution in [2.45, 2.75) is 6.92 Å². The maximum atomic E-state index is 9.02. The van der Waals surface area contributed by atoms with E-state index in [2.05, 4.69) is 30.5 Å². The average molecular weight is 264 g/mol. The maximum Gasteiger partial charge on any atom is 0.331 e. The van der Waals surface area contributed by atoms with Crippen LogP contribution in [-0.2, 0) is 0 Å². The van der Waals surface area contributed by atoms with E-state index in [-0.39, 0.29) is 23.8 Å². The summed E-state index contributed by atoms with van der Waals surface area (Å²) in [7, 11) is 1.44. The van der Waals surface area contributed by atoms with Crippen LogP contribution in [0.4, 0.5) is 5.95 Å². The Labute approximate surface area is 108 Å². The topological polar surface area (TPSA) is 115 Å². The van der Waals surface area contributed by atoms with Gasteiger partial charge in [-0.15, -0.1) is 15.2 Å². The predicted octanol–water partition coefficient (Wildman–Crippen LogP) is 0.600. The van der Waals surface area contributed by atoms with Crippen molar-refractivity contribution in [2.24, 2.45) is 0 Å². The summed E-state index contributed by atoms with van der Waals surface area (Å²) >= 11 is 0. The fourth-order valence-electron chi connectivity index (χ4n) is 1.17. The number of aromatic nitrogens is 5. The van der Waals surface area contributed by atoms with Gasteiger partial charge in [-0.2, -0.15) is 9.97 Å². The van der Waals surface area contributed by atoms with Gasteiger partial charge in [-0.1, -0.05) is 0 Å². The number of anilines is 1. The van der Waals surface area contributed by atoms with Gasteiger partial charge >= 0.3 is 12.0 Å². The van der Waals surface area contributed by atoms with E-state index in [0.29, 0.717) is 12.5 Å². The first kappa shape index (κ1) is 12.7. The van der Waals surface area contributed by atoms with Crippen LogP contribution in [0.25, 0.3) is 0 Å². The number of methoxy groups -OCH3 is 1. The molecule has 0 fully saturated rings. The SMILES string of the molecule is CCNc1nc(OC)nc(Oc2ccc(O)nn2)n1. The molecule has 2 aromatic rings. The number of nitrogens with one attached hydrogen (secondary N) is 1. The summed E-state index contributed by atoms with van der Waals surface area (Å²) in [4.78, 5) is 11.9. The van der Waals surface area contributed by atoms with Crippen molar-refractivity contribution < 1.29 is 14.6 Å². The lowest BCUT2D eigenvalue weighted by Crippen LogP contribution is -2.06. The Bertz CT molecular complexity index is 547. The molecule has 9 nitrogen and oxygen atoms in total. The fraction of sp³-hybridized carbons (Fsp3) is 0.300. The van der Waals surface area contributed by atoms with E-state index in [1.165, 1.54) is 19.2 Å². The Morgan fingerprint density at radius 2 is 1.95 bits per heavy atom. The van der Waals surface area contributed by atoms with Gasteiger partial charge in [0.05, 0.1) is 7.11 Å². The molecule has 19 heavy (non-hydrogen) atoms. The summed E-state index contributed by atoms with van der Waals surface area (Å²) in [5.41, 5.74) is 0. The van der Waals surface area contributed by atoms with Crippen molar-refractivity contribution in [3.05, 3.63) is 12.1 Å². The fourth-order valence-corrected chi connectivity index (χ4v) is 1.17. The highest BCUT2D eigenvalue weighted by Gasteiger charge is 2.09. The molecule has 100 valence electrons. The van der Waals surface area contributed by atoms with Crippen LogP contribution < -0.4 is 14.8 Å². The Morgan fingerprint density at radius 1 is 1.16 bits per heavy atom. The van der Waals surface area contributed by atoms with Crippen molar-refractivity contribution in [1.29, 1.82) is 0 Å². The molecule has 0 saturated carbocycles. The van der Waals surface area contributed by atoms with Gasteiger partial charge in [0.15, 0.2) is 0 Å². The number of hydrogen-bond acceptors (Lipinski definition) is 9. The van der Waals surface area contributed by atoms with Gasteiger partial charge in [0.1, 0.15) is 0 Å². The number of ether oxygens (including phenoxy) is 2. The molecule has 2 rings (SSSR count). The van der Waals surface area contributed by atoms with Crippen LogP contribution in [0.3, 0.4) is 0 Å². The molecule has 0 unspecified atom stereocenters. The van der Waals surface area contributed by atoms with Gasteiger partial charge in [-0.05, 0) is 6.92 Å². The van der Waals surface area contributed by atoms with Crippen LogP contribution in [0.15, 0.2) is 12.1 Å². The van der Waals surface area contributed by atoms with Crippen molar-refractivity contribution in [1.82, 2.24) is 25.1 Å². The third kappa shape index (κ3) is 3.37. The molecule has 0 spiro atoms. The Kier molecular flexibility index (Phi) is 3.86. The minimum Gasteiger partial charge on any atom is -0.492 e. The molecule has 0 radical (unpaired) electrons. The van der Waals surface area contributed by atoms with Crippen molar-refractivity contribution in [2.75, 3.05) is 19.0 Å². The predicted molar refractivity (Wildman–Crippen MR) is 64.3 cm³/mol. The average Bonchev–Trinajstić information content (AvgIpc) is 2.41. The second-order valence-corrected chi connectivity index (χ2v) is 3.29. The second kappa shape index (κ2) is 5.76. The van der Waals surface area contributed by atoms with E-state index < -0.39 is 0 Å². The lowest BCUT2D eigenvalue weighted by molar-refractivity contribution is 0.354.